The van der Waals surface area contributed by atoms with E-state index < -0.39 is 18.6 Å². The third-order valence-electron chi connectivity index (χ3n) is 2.74. The summed E-state index contributed by atoms with van der Waals surface area (Å²) in [4.78, 5) is 15.0. The second-order valence-corrected chi connectivity index (χ2v) is 4.10. The van der Waals surface area contributed by atoms with Crippen molar-refractivity contribution in [2.24, 2.45) is 16.5 Å². The summed E-state index contributed by atoms with van der Waals surface area (Å²) in [5.74, 6) is -1.21. The maximum Gasteiger partial charge on any atom is 0.451 e. The first-order chi connectivity index (χ1) is 8.34. The molecule has 0 heterocycles. The van der Waals surface area contributed by atoms with Crippen molar-refractivity contribution in [3.63, 3.8) is 0 Å². The van der Waals surface area contributed by atoms with Gasteiger partial charge in [-0.3, -0.25) is 9.79 Å². The zero-order valence-electron chi connectivity index (χ0n) is 10.5. The highest BCUT2D eigenvalue weighted by Crippen LogP contribution is 2.16. The van der Waals surface area contributed by atoms with Crippen LogP contribution in [0.3, 0.4) is 0 Å². The van der Waals surface area contributed by atoms with Crippen LogP contribution in [-0.2, 0) is 4.79 Å². The number of nitrogens with zero attached hydrogens (tertiary/aromatic N) is 1. The minimum Gasteiger partial charge on any atom is -0.480 e. The SMILES string of the molecule is CNC(CCCCB(O)O)(CN=C(N)N)C(=O)O. The lowest BCUT2D eigenvalue weighted by molar-refractivity contribution is -0.144. The molecule has 0 aromatic carbocycles. The van der Waals surface area contributed by atoms with Crippen molar-refractivity contribution in [1.82, 2.24) is 5.32 Å². The summed E-state index contributed by atoms with van der Waals surface area (Å²) in [6.45, 7) is -0.0666. The van der Waals surface area contributed by atoms with Crippen LogP contribution in [0.1, 0.15) is 19.3 Å². The van der Waals surface area contributed by atoms with Crippen molar-refractivity contribution in [3.05, 3.63) is 0 Å². The molecule has 0 aromatic rings. The molecular formula is C9H21BN4O4. The second-order valence-electron chi connectivity index (χ2n) is 4.10. The molecular weight excluding hydrogens is 239 g/mol. The van der Waals surface area contributed by atoms with E-state index in [2.05, 4.69) is 10.3 Å². The molecule has 18 heavy (non-hydrogen) atoms. The molecule has 0 aliphatic carbocycles. The predicted molar refractivity (Wildman–Crippen MR) is 69.0 cm³/mol. The fourth-order valence-corrected chi connectivity index (χ4v) is 1.54. The van der Waals surface area contributed by atoms with Crippen LogP contribution in [0.5, 0.6) is 0 Å². The summed E-state index contributed by atoms with van der Waals surface area (Å²) < 4.78 is 0. The maximum absolute atomic E-state index is 11.3. The Morgan fingerprint density at radius 3 is 2.39 bits per heavy atom. The average Bonchev–Trinajstić information content (AvgIpc) is 2.27. The molecule has 0 bridgehead atoms. The van der Waals surface area contributed by atoms with Gasteiger partial charge in [-0.25, -0.2) is 0 Å². The number of carboxylic acid groups (broad SMARTS) is 1. The monoisotopic (exact) mass is 260 g/mol. The number of nitrogens with one attached hydrogen (secondary N) is 1. The van der Waals surface area contributed by atoms with Crippen molar-refractivity contribution in [2.75, 3.05) is 13.6 Å². The van der Waals surface area contributed by atoms with Crippen molar-refractivity contribution in [1.29, 1.82) is 0 Å². The first kappa shape index (κ1) is 16.7. The summed E-state index contributed by atoms with van der Waals surface area (Å²) in [7, 11) is 0.161. The van der Waals surface area contributed by atoms with E-state index in [-0.39, 0.29) is 18.8 Å². The van der Waals surface area contributed by atoms with Crippen LogP contribution >= 0.6 is 0 Å². The minimum atomic E-state index is -1.36. The molecule has 0 rings (SSSR count). The van der Waals surface area contributed by atoms with Crippen LogP contribution in [0.2, 0.25) is 6.32 Å². The van der Waals surface area contributed by atoms with E-state index in [1.54, 1.807) is 0 Å². The normalized spacial score (nSPS) is 13.7. The predicted octanol–water partition coefficient (Wildman–Crippen LogP) is -2.05. The van der Waals surface area contributed by atoms with Gasteiger partial charge in [-0.1, -0.05) is 12.8 Å². The highest BCUT2D eigenvalue weighted by atomic mass is 16.4. The number of carboxylic acids is 1. The number of hydrogen-bond acceptors (Lipinski definition) is 5. The van der Waals surface area contributed by atoms with Crippen molar-refractivity contribution in [3.8, 4) is 0 Å². The molecule has 0 aromatic heterocycles. The Morgan fingerprint density at radius 2 is 2.00 bits per heavy atom. The lowest BCUT2D eigenvalue weighted by Crippen LogP contribution is -2.53. The summed E-state index contributed by atoms with van der Waals surface area (Å²) in [6, 6.07) is 0. The quantitative estimate of drug-likeness (QED) is 0.120. The molecule has 0 fully saturated rings. The van der Waals surface area contributed by atoms with Gasteiger partial charge in [0.2, 0.25) is 0 Å². The van der Waals surface area contributed by atoms with E-state index in [4.69, 9.17) is 21.5 Å². The number of aliphatic carboxylic acids is 1. The lowest BCUT2D eigenvalue weighted by atomic mass is 9.82. The Kier molecular flexibility index (Phi) is 7.33. The largest absolute Gasteiger partial charge is 0.480 e. The number of guanidine groups is 1. The van der Waals surface area contributed by atoms with Crippen LogP contribution in [-0.4, -0.2) is 53.3 Å². The smallest absolute Gasteiger partial charge is 0.451 e. The van der Waals surface area contributed by atoms with Gasteiger partial charge < -0.3 is 31.9 Å². The van der Waals surface area contributed by atoms with Gasteiger partial charge in [0, 0.05) is 0 Å². The zero-order valence-corrected chi connectivity index (χ0v) is 10.5. The molecule has 0 aliphatic heterocycles. The molecule has 1 atom stereocenters. The van der Waals surface area contributed by atoms with Gasteiger partial charge in [0.1, 0.15) is 5.54 Å². The molecule has 0 saturated carbocycles. The van der Waals surface area contributed by atoms with E-state index in [0.717, 1.165) is 0 Å². The standard InChI is InChI=1S/C9H21BN4O4/c1-13-9(7(15)16,6-14-8(11)12)4-2-3-5-10(17)18/h13,17-18H,2-6H2,1H3,(H,15,16)(H4,11,12,14). The Morgan fingerprint density at radius 1 is 1.39 bits per heavy atom. The molecule has 104 valence electrons. The van der Waals surface area contributed by atoms with Gasteiger partial charge in [-0.15, -0.1) is 0 Å². The van der Waals surface area contributed by atoms with E-state index in [0.29, 0.717) is 19.3 Å². The Labute approximate surface area is 106 Å². The summed E-state index contributed by atoms with van der Waals surface area (Å²) >= 11 is 0. The van der Waals surface area contributed by atoms with Crippen molar-refractivity contribution >= 4 is 19.0 Å². The van der Waals surface area contributed by atoms with Gasteiger partial charge in [0.05, 0.1) is 6.54 Å². The number of rotatable bonds is 9. The van der Waals surface area contributed by atoms with Gasteiger partial charge in [-0.2, -0.15) is 0 Å². The summed E-state index contributed by atoms with van der Waals surface area (Å²) in [6.07, 6.45) is 1.53. The third-order valence-corrected chi connectivity index (χ3v) is 2.74. The summed E-state index contributed by atoms with van der Waals surface area (Å²) in [5, 5.41) is 29.3. The van der Waals surface area contributed by atoms with Crippen LogP contribution < -0.4 is 16.8 Å². The molecule has 8 nitrogen and oxygen atoms in total. The molecule has 0 amide bonds. The molecule has 1 unspecified atom stereocenters. The maximum atomic E-state index is 11.3. The molecule has 0 saturated heterocycles. The number of nitrogens with two attached hydrogens (primary N) is 2. The molecule has 0 aliphatic rings. The van der Waals surface area contributed by atoms with E-state index >= 15 is 0 Å². The highest BCUT2D eigenvalue weighted by molar-refractivity contribution is 6.40. The minimum absolute atomic E-state index is 0.0666. The Bertz CT molecular complexity index is 296. The fourth-order valence-electron chi connectivity index (χ4n) is 1.54. The van der Waals surface area contributed by atoms with Gasteiger partial charge in [0.15, 0.2) is 5.96 Å². The number of unbranched alkanes of at least 4 members (excludes halogenated alkanes) is 1. The van der Waals surface area contributed by atoms with Crippen LogP contribution in [0.25, 0.3) is 0 Å². The Balaban J connectivity index is 4.47. The third kappa shape index (κ3) is 5.85. The molecule has 0 radical (unpaired) electrons. The first-order valence-electron chi connectivity index (χ1n) is 5.68. The highest BCUT2D eigenvalue weighted by Gasteiger charge is 2.36. The second kappa shape index (κ2) is 7.91. The van der Waals surface area contributed by atoms with Gasteiger partial charge in [-0.05, 0) is 19.8 Å². The van der Waals surface area contributed by atoms with Crippen molar-refractivity contribution < 1.29 is 19.9 Å². The average molecular weight is 260 g/mol. The zero-order chi connectivity index (χ0) is 14.2. The molecule has 9 heteroatoms. The van der Waals surface area contributed by atoms with Gasteiger partial charge in [0.25, 0.3) is 0 Å². The number of carbonyl (C=O) groups is 1. The van der Waals surface area contributed by atoms with E-state index in [1.807, 2.05) is 0 Å². The van der Waals surface area contributed by atoms with E-state index in [1.165, 1.54) is 7.05 Å². The fraction of sp³-hybridized carbons (Fsp3) is 0.778. The number of hydrogen-bond donors (Lipinski definition) is 6. The topological polar surface area (TPSA) is 154 Å². The molecule has 8 N–H and O–H groups in total. The lowest BCUT2D eigenvalue weighted by Gasteiger charge is -2.27. The van der Waals surface area contributed by atoms with Crippen LogP contribution in [0.15, 0.2) is 4.99 Å². The Hall–Kier alpha value is -1.32. The van der Waals surface area contributed by atoms with Gasteiger partial charge >= 0.3 is 13.1 Å². The van der Waals surface area contributed by atoms with E-state index in [9.17, 15) is 9.90 Å². The van der Waals surface area contributed by atoms with Crippen LogP contribution in [0.4, 0.5) is 0 Å². The molecule has 0 spiro atoms. The van der Waals surface area contributed by atoms with Crippen molar-refractivity contribution in [2.45, 2.75) is 31.1 Å². The number of aliphatic imine (C=N–C) groups is 1. The summed E-state index contributed by atoms with van der Waals surface area (Å²) in [5.41, 5.74) is 9.15. The van der Waals surface area contributed by atoms with Crippen LogP contribution in [0, 0.1) is 0 Å². The first-order valence-corrected chi connectivity index (χ1v) is 5.68. The number of likely N-dealkylation sites (N-methyl/N-ethyl adjacent to an activating group) is 1.